The van der Waals surface area contributed by atoms with Crippen molar-refractivity contribution in [2.45, 2.75) is 6.54 Å². The first-order chi connectivity index (χ1) is 8.54. The van der Waals surface area contributed by atoms with Gasteiger partial charge in [0, 0.05) is 13.1 Å². The van der Waals surface area contributed by atoms with E-state index in [-0.39, 0.29) is 5.75 Å². The predicted octanol–water partition coefficient (Wildman–Crippen LogP) is -0.164. The Hall–Kier alpha value is -1.31. The lowest BCUT2D eigenvalue weighted by molar-refractivity contribution is 0.171. The summed E-state index contributed by atoms with van der Waals surface area (Å²) in [5, 5.41) is 7.91. The van der Waals surface area contributed by atoms with Crippen molar-refractivity contribution in [2.24, 2.45) is 5.14 Å². The van der Waals surface area contributed by atoms with Gasteiger partial charge in [0.1, 0.15) is 13.2 Å². The molecule has 0 fully saturated rings. The van der Waals surface area contributed by atoms with Crippen molar-refractivity contribution in [3.63, 3.8) is 0 Å². The third-order valence-electron chi connectivity index (χ3n) is 2.50. The first-order valence-corrected chi connectivity index (χ1v) is 7.36. The maximum Gasteiger partial charge on any atom is 0.210 e. The highest BCUT2D eigenvalue weighted by molar-refractivity contribution is 7.89. The van der Waals surface area contributed by atoms with Gasteiger partial charge >= 0.3 is 0 Å². The van der Waals surface area contributed by atoms with Crippen molar-refractivity contribution in [3.05, 3.63) is 23.8 Å². The number of rotatable bonds is 5. The van der Waals surface area contributed by atoms with Crippen molar-refractivity contribution in [2.75, 3.05) is 25.5 Å². The van der Waals surface area contributed by atoms with Gasteiger partial charge in [-0.05, 0) is 17.7 Å². The summed E-state index contributed by atoms with van der Waals surface area (Å²) in [4.78, 5) is 0. The van der Waals surface area contributed by atoms with E-state index in [1.54, 1.807) is 0 Å². The van der Waals surface area contributed by atoms with Crippen LogP contribution in [0.25, 0.3) is 0 Å². The number of nitrogens with one attached hydrogen (secondary N) is 1. The van der Waals surface area contributed by atoms with Gasteiger partial charge in [0.05, 0.1) is 5.75 Å². The Morgan fingerprint density at radius 1 is 1.22 bits per heavy atom. The molecule has 0 spiro atoms. The fourth-order valence-electron chi connectivity index (χ4n) is 1.64. The summed E-state index contributed by atoms with van der Waals surface area (Å²) >= 11 is 0. The number of fused-ring (bicyclic) bond motifs is 1. The van der Waals surface area contributed by atoms with Crippen molar-refractivity contribution in [1.29, 1.82) is 0 Å². The quantitative estimate of drug-likeness (QED) is 0.727. The van der Waals surface area contributed by atoms with Crippen molar-refractivity contribution in [3.8, 4) is 11.5 Å². The Bertz CT molecular complexity index is 516. The summed E-state index contributed by atoms with van der Waals surface area (Å²) in [5.74, 6) is 1.40. The Morgan fingerprint density at radius 3 is 2.67 bits per heavy atom. The van der Waals surface area contributed by atoms with E-state index in [0.717, 1.165) is 17.1 Å². The summed E-state index contributed by atoms with van der Waals surface area (Å²) in [5.41, 5.74) is 1.01. The summed E-state index contributed by atoms with van der Waals surface area (Å²) in [7, 11) is -3.40. The summed E-state index contributed by atoms with van der Waals surface area (Å²) in [6.07, 6.45) is 0. The molecule has 1 aliphatic rings. The monoisotopic (exact) mass is 272 g/mol. The van der Waals surface area contributed by atoms with Crippen LogP contribution in [0, 0.1) is 0 Å². The molecule has 2 rings (SSSR count). The van der Waals surface area contributed by atoms with Gasteiger partial charge in [-0.25, -0.2) is 13.6 Å². The topological polar surface area (TPSA) is 90.7 Å². The second-order valence-corrected chi connectivity index (χ2v) is 5.76. The molecule has 0 aromatic heterocycles. The van der Waals surface area contributed by atoms with Gasteiger partial charge in [0.2, 0.25) is 10.0 Å². The first-order valence-electron chi connectivity index (χ1n) is 5.64. The molecule has 0 aliphatic carbocycles. The van der Waals surface area contributed by atoms with E-state index in [4.69, 9.17) is 14.6 Å². The van der Waals surface area contributed by atoms with Crippen molar-refractivity contribution < 1.29 is 17.9 Å². The summed E-state index contributed by atoms with van der Waals surface area (Å²) < 4.78 is 32.3. The van der Waals surface area contributed by atoms with Crippen LogP contribution < -0.4 is 19.9 Å². The average molecular weight is 272 g/mol. The number of ether oxygens (including phenoxy) is 2. The third kappa shape index (κ3) is 3.86. The number of benzene rings is 1. The lowest BCUT2D eigenvalue weighted by atomic mass is 10.2. The van der Waals surface area contributed by atoms with E-state index in [9.17, 15) is 8.42 Å². The highest BCUT2D eigenvalue weighted by Crippen LogP contribution is 2.30. The lowest BCUT2D eigenvalue weighted by Gasteiger charge is -2.18. The largest absolute Gasteiger partial charge is 0.486 e. The van der Waals surface area contributed by atoms with Gasteiger partial charge in [-0.2, -0.15) is 0 Å². The van der Waals surface area contributed by atoms with Crippen LogP contribution in [0.3, 0.4) is 0 Å². The normalized spacial score (nSPS) is 14.5. The Balaban J connectivity index is 1.86. The van der Waals surface area contributed by atoms with E-state index in [0.29, 0.717) is 26.3 Å². The molecule has 0 atom stereocenters. The first kappa shape index (κ1) is 13.1. The molecule has 0 bridgehead atoms. The van der Waals surface area contributed by atoms with Crippen LogP contribution in [0.4, 0.5) is 0 Å². The molecule has 7 heteroatoms. The zero-order valence-electron chi connectivity index (χ0n) is 9.89. The minimum Gasteiger partial charge on any atom is -0.486 e. The third-order valence-corrected chi connectivity index (χ3v) is 3.27. The molecule has 1 aromatic carbocycles. The number of hydrogen-bond donors (Lipinski definition) is 2. The Labute approximate surface area is 106 Å². The van der Waals surface area contributed by atoms with E-state index in [2.05, 4.69) is 5.32 Å². The minimum atomic E-state index is -3.40. The molecule has 0 saturated heterocycles. The molecule has 0 saturated carbocycles. The van der Waals surface area contributed by atoms with Crippen LogP contribution in [0.5, 0.6) is 11.5 Å². The molecule has 0 amide bonds. The Kier molecular flexibility index (Phi) is 4.05. The SMILES string of the molecule is NS(=O)(=O)CCNCc1ccc2c(c1)OCCO2. The fraction of sp³-hybridized carbons (Fsp3) is 0.455. The van der Waals surface area contributed by atoms with Crippen LogP contribution in [0.15, 0.2) is 18.2 Å². The van der Waals surface area contributed by atoms with Gasteiger partial charge in [0.25, 0.3) is 0 Å². The number of primary sulfonamides is 1. The predicted molar refractivity (Wildman–Crippen MR) is 67.1 cm³/mol. The molecule has 18 heavy (non-hydrogen) atoms. The molecular weight excluding hydrogens is 256 g/mol. The fourth-order valence-corrected chi connectivity index (χ4v) is 2.07. The van der Waals surface area contributed by atoms with E-state index in [1.165, 1.54) is 0 Å². The van der Waals surface area contributed by atoms with Crippen LogP contribution >= 0.6 is 0 Å². The van der Waals surface area contributed by atoms with Crippen molar-refractivity contribution in [1.82, 2.24) is 5.32 Å². The highest BCUT2D eigenvalue weighted by Gasteiger charge is 2.11. The van der Waals surface area contributed by atoms with Crippen LogP contribution in [0.1, 0.15) is 5.56 Å². The molecule has 0 radical (unpaired) electrons. The summed E-state index contributed by atoms with van der Waals surface area (Å²) in [6, 6.07) is 5.65. The lowest BCUT2D eigenvalue weighted by Crippen LogP contribution is -2.26. The molecule has 3 N–H and O–H groups in total. The van der Waals surface area contributed by atoms with Gasteiger partial charge in [0.15, 0.2) is 11.5 Å². The minimum absolute atomic E-state index is 0.0719. The van der Waals surface area contributed by atoms with Crippen molar-refractivity contribution >= 4 is 10.0 Å². The molecule has 1 aliphatic heterocycles. The molecule has 1 aromatic rings. The standard InChI is InChI=1S/C11H16N2O4S/c12-18(14,15)6-3-13-8-9-1-2-10-11(7-9)17-5-4-16-10/h1-2,7,13H,3-6,8H2,(H2,12,14,15). The number of hydrogen-bond acceptors (Lipinski definition) is 5. The Morgan fingerprint density at radius 2 is 1.94 bits per heavy atom. The number of sulfonamides is 1. The molecule has 100 valence electrons. The molecular formula is C11H16N2O4S. The maximum absolute atomic E-state index is 10.7. The van der Waals surface area contributed by atoms with Gasteiger partial charge in [-0.3, -0.25) is 0 Å². The van der Waals surface area contributed by atoms with E-state index in [1.807, 2.05) is 18.2 Å². The molecule has 1 heterocycles. The van der Waals surface area contributed by atoms with Crippen LogP contribution in [-0.4, -0.2) is 33.9 Å². The maximum atomic E-state index is 10.7. The summed E-state index contributed by atoms with van der Waals surface area (Å²) in [6.45, 7) is 2.01. The van der Waals surface area contributed by atoms with Gasteiger partial charge < -0.3 is 14.8 Å². The smallest absolute Gasteiger partial charge is 0.210 e. The average Bonchev–Trinajstić information content (AvgIpc) is 2.33. The van der Waals surface area contributed by atoms with E-state index >= 15 is 0 Å². The van der Waals surface area contributed by atoms with E-state index < -0.39 is 10.0 Å². The molecule has 6 nitrogen and oxygen atoms in total. The van der Waals surface area contributed by atoms with Gasteiger partial charge in [-0.15, -0.1) is 0 Å². The second kappa shape index (κ2) is 5.55. The van der Waals surface area contributed by atoms with Gasteiger partial charge in [-0.1, -0.05) is 6.07 Å². The second-order valence-electron chi connectivity index (χ2n) is 4.02. The molecule has 0 unspecified atom stereocenters. The number of nitrogens with two attached hydrogens (primary N) is 1. The van der Waals surface area contributed by atoms with Crippen LogP contribution in [0.2, 0.25) is 0 Å². The highest BCUT2D eigenvalue weighted by atomic mass is 32.2. The zero-order chi connectivity index (χ0) is 13.0. The van der Waals surface area contributed by atoms with Crippen LogP contribution in [-0.2, 0) is 16.6 Å². The zero-order valence-corrected chi connectivity index (χ0v) is 10.7.